The normalized spacial score (nSPS) is 17.4. The molecule has 140 valence electrons. The zero-order valence-electron chi connectivity index (χ0n) is 15.4. The highest BCUT2D eigenvalue weighted by atomic mass is 16.5. The second kappa shape index (κ2) is 7.28. The SMILES string of the molecule is Cc1noc(C)c1C(=O)N1CCO[C@H](CN(C)c2nccn(C)c2=O)C1. The van der Waals surface area contributed by atoms with Crippen molar-refractivity contribution in [2.24, 2.45) is 7.05 Å². The van der Waals surface area contributed by atoms with Crippen LogP contribution in [0.2, 0.25) is 0 Å². The number of ether oxygens (including phenoxy) is 1. The number of amides is 1. The van der Waals surface area contributed by atoms with Crippen LogP contribution < -0.4 is 10.5 Å². The molecule has 1 amide bonds. The Hall–Kier alpha value is -2.68. The summed E-state index contributed by atoms with van der Waals surface area (Å²) < 4.78 is 12.4. The van der Waals surface area contributed by atoms with Crippen molar-refractivity contribution in [2.75, 3.05) is 38.2 Å². The van der Waals surface area contributed by atoms with Gasteiger partial charge in [0.1, 0.15) is 11.3 Å². The summed E-state index contributed by atoms with van der Waals surface area (Å²) in [4.78, 5) is 32.6. The van der Waals surface area contributed by atoms with Gasteiger partial charge in [-0.2, -0.15) is 0 Å². The summed E-state index contributed by atoms with van der Waals surface area (Å²) in [5, 5.41) is 3.85. The van der Waals surface area contributed by atoms with E-state index in [0.29, 0.717) is 49.1 Å². The number of morpholine rings is 1. The van der Waals surface area contributed by atoms with E-state index < -0.39 is 0 Å². The van der Waals surface area contributed by atoms with Gasteiger partial charge in [-0.1, -0.05) is 5.16 Å². The number of aromatic nitrogens is 3. The van der Waals surface area contributed by atoms with Crippen LogP contribution in [0.5, 0.6) is 0 Å². The third-order valence-electron chi connectivity index (χ3n) is 4.51. The number of likely N-dealkylation sites (N-methyl/N-ethyl adjacent to an activating group) is 1. The molecule has 9 nitrogen and oxygen atoms in total. The summed E-state index contributed by atoms with van der Waals surface area (Å²) in [6.45, 7) is 5.32. The topological polar surface area (TPSA) is 93.7 Å². The van der Waals surface area contributed by atoms with Crippen molar-refractivity contribution in [1.29, 1.82) is 0 Å². The first-order valence-electron chi connectivity index (χ1n) is 8.45. The van der Waals surface area contributed by atoms with Gasteiger partial charge in [-0.05, 0) is 13.8 Å². The predicted molar refractivity (Wildman–Crippen MR) is 94.4 cm³/mol. The number of carbonyl (C=O) groups excluding carboxylic acids is 1. The Balaban J connectivity index is 1.70. The maximum Gasteiger partial charge on any atom is 0.293 e. The fourth-order valence-electron chi connectivity index (χ4n) is 3.10. The lowest BCUT2D eigenvalue weighted by atomic mass is 10.1. The van der Waals surface area contributed by atoms with Crippen molar-refractivity contribution >= 4 is 11.7 Å². The quantitative estimate of drug-likeness (QED) is 0.776. The first-order valence-corrected chi connectivity index (χ1v) is 8.45. The molecule has 0 aromatic carbocycles. The van der Waals surface area contributed by atoms with E-state index in [2.05, 4.69) is 10.1 Å². The number of hydrogen-bond donors (Lipinski definition) is 0. The Kier molecular flexibility index (Phi) is 5.08. The summed E-state index contributed by atoms with van der Waals surface area (Å²) >= 11 is 0. The smallest absolute Gasteiger partial charge is 0.293 e. The lowest BCUT2D eigenvalue weighted by molar-refractivity contribution is -0.0173. The van der Waals surface area contributed by atoms with Crippen molar-refractivity contribution in [3.8, 4) is 0 Å². The highest BCUT2D eigenvalue weighted by Crippen LogP contribution is 2.18. The molecule has 1 aliphatic rings. The number of rotatable bonds is 4. The standard InChI is InChI=1S/C17H23N5O4/c1-11-14(12(2)26-19-11)16(23)22-7-8-25-13(10-22)9-21(4)15-17(24)20(3)6-5-18-15/h5-6,13H,7-10H2,1-4H3/t13-/m1/s1. The molecular formula is C17H23N5O4. The van der Waals surface area contributed by atoms with E-state index in [1.807, 2.05) is 0 Å². The Morgan fingerprint density at radius 2 is 2.19 bits per heavy atom. The van der Waals surface area contributed by atoms with Crippen molar-refractivity contribution in [2.45, 2.75) is 20.0 Å². The van der Waals surface area contributed by atoms with E-state index in [1.54, 1.807) is 50.1 Å². The molecule has 0 saturated carbocycles. The van der Waals surface area contributed by atoms with Crippen molar-refractivity contribution < 1.29 is 14.1 Å². The van der Waals surface area contributed by atoms with Crippen LogP contribution in [0.3, 0.4) is 0 Å². The number of carbonyl (C=O) groups is 1. The molecule has 0 bridgehead atoms. The van der Waals surface area contributed by atoms with Crippen LogP contribution in [0.25, 0.3) is 0 Å². The van der Waals surface area contributed by atoms with Gasteiger partial charge in [0.25, 0.3) is 11.5 Å². The van der Waals surface area contributed by atoms with Crippen LogP contribution in [-0.2, 0) is 11.8 Å². The van der Waals surface area contributed by atoms with Crippen LogP contribution in [0.4, 0.5) is 5.82 Å². The minimum atomic E-state index is -0.218. The van der Waals surface area contributed by atoms with Crippen molar-refractivity contribution in [3.05, 3.63) is 39.8 Å². The van der Waals surface area contributed by atoms with Gasteiger partial charge in [0.2, 0.25) is 0 Å². The first-order chi connectivity index (χ1) is 12.4. The molecule has 0 unspecified atom stereocenters. The maximum atomic E-state index is 12.8. The van der Waals surface area contributed by atoms with Gasteiger partial charge in [0.05, 0.1) is 18.4 Å². The number of aryl methyl sites for hydroxylation is 3. The molecular weight excluding hydrogens is 338 g/mol. The molecule has 9 heteroatoms. The van der Waals surface area contributed by atoms with Crippen LogP contribution >= 0.6 is 0 Å². The Morgan fingerprint density at radius 3 is 2.88 bits per heavy atom. The van der Waals surface area contributed by atoms with Crippen LogP contribution in [0.15, 0.2) is 21.7 Å². The molecule has 2 aromatic heterocycles. The molecule has 0 spiro atoms. The molecule has 0 radical (unpaired) electrons. The highest BCUT2D eigenvalue weighted by Gasteiger charge is 2.29. The zero-order chi connectivity index (χ0) is 18.8. The molecule has 1 fully saturated rings. The largest absolute Gasteiger partial charge is 0.373 e. The number of hydrogen-bond acceptors (Lipinski definition) is 7. The molecule has 0 aliphatic carbocycles. The van der Waals surface area contributed by atoms with E-state index in [1.165, 1.54) is 4.57 Å². The fraction of sp³-hybridized carbons (Fsp3) is 0.529. The molecule has 0 N–H and O–H groups in total. The van der Waals surface area contributed by atoms with E-state index in [9.17, 15) is 9.59 Å². The van der Waals surface area contributed by atoms with E-state index in [4.69, 9.17) is 9.26 Å². The Bertz CT molecular complexity index is 840. The van der Waals surface area contributed by atoms with Gasteiger partial charge in [0, 0.05) is 46.1 Å². The van der Waals surface area contributed by atoms with Gasteiger partial charge in [-0.3, -0.25) is 9.59 Å². The van der Waals surface area contributed by atoms with Gasteiger partial charge in [-0.15, -0.1) is 0 Å². The number of anilines is 1. The van der Waals surface area contributed by atoms with Crippen molar-refractivity contribution in [3.63, 3.8) is 0 Å². The Labute approximate surface area is 151 Å². The minimum Gasteiger partial charge on any atom is -0.373 e. The van der Waals surface area contributed by atoms with Crippen LogP contribution in [-0.4, -0.2) is 64.9 Å². The highest BCUT2D eigenvalue weighted by molar-refractivity contribution is 5.96. The maximum absolute atomic E-state index is 12.8. The first kappa shape index (κ1) is 18.1. The van der Waals surface area contributed by atoms with Gasteiger partial charge >= 0.3 is 0 Å². The van der Waals surface area contributed by atoms with Crippen LogP contribution in [0.1, 0.15) is 21.8 Å². The lowest BCUT2D eigenvalue weighted by Gasteiger charge is -2.35. The summed E-state index contributed by atoms with van der Waals surface area (Å²) in [5.41, 5.74) is 0.928. The molecule has 1 aliphatic heterocycles. The number of nitrogens with zero attached hydrogens (tertiary/aromatic N) is 5. The average Bonchev–Trinajstić information content (AvgIpc) is 2.95. The summed E-state index contributed by atoms with van der Waals surface area (Å²) in [5.74, 6) is 0.767. The van der Waals surface area contributed by atoms with Crippen LogP contribution in [0, 0.1) is 13.8 Å². The Morgan fingerprint density at radius 1 is 1.42 bits per heavy atom. The van der Waals surface area contributed by atoms with E-state index >= 15 is 0 Å². The zero-order valence-corrected chi connectivity index (χ0v) is 15.4. The molecule has 2 aromatic rings. The third kappa shape index (κ3) is 3.48. The molecule has 3 heterocycles. The second-order valence-corrected chi connectivity index (χ2v) is 6.49. The second-order valence-electron chi connectivity index (χ2n) is 6.49. The van der Waals surface area contributed by atoms with E-state index in [-0.39, 0.29) is 17.6 Å². The van der Waals surface area contributed by atoms with Crippen molar-refractivity contribution in [1.82, 2.24) is 19.6 Å². The van der Waals surface area contributed by atoms with Gasteiger partial charge in [-0.25, -0.2) is 4.98 Å². The fourth-order valence-corrected chi connectivity index (χ4v) is 3.10. The summed E-state index contributed by atoms with van der Waals surface area (Å²) in [6, 6.07) is 0. The summed E-state index contributed by atoms with van der Waals surface area (Å²) in [7, 11) is 3.48. The van der Waals surface area contributed by atoms with E-state index in [0.717, 1.165) is 0 Å². The predicted octanol–water partition coefficient (Wildman–Crippen LogP) is 0.363. The molecule has 26 heavy (non-hydrogen) atoms. The third-order valence-corrected chi connectivity index (χ3v) is 4.51. The minimum absolute atomic E-state index is 0.106. The summed E-state index contributed by atoms with van der Waals surface area (Å²) in [6.07, 6.45) is 2.98. The monoisotopic (exact) mass is 361 g/mol. The molecule has 1 atom stereocenters. The molecule has 3 rings (SSSR count). The van der Waals surface area contributed by atoms with Gasteiger partial charge < -0.3 is 23.6 Å². The average molecular weight is 361 g/mol. The lowest BCUT2D eigenvalue weighted by Crippen LogP contribution is -2.50. The molecule has 1 saturated heterocycles. The van der Waals surface area contributed by atoms with Gasteiger partial charge in [0.15, 0.2) is 5.82 Å².